The summed E-state index contributed by atoms with van der Waals surface area (Å²) in [5.41, 5.74) is 18.2. The Morgan fingerprint density at radius 1 is 0.237 bits per heavy atom. The Kier molecular flexibility index (Phi) is 7.36. The van der Waals surface area contributed by atoms with E-state index in [0.29, 0.717) is 0 Å². The van der Waals surface area contributed by atoms with E-state index in [9.17, 15) is 0 Å². The molecule has 0 saturated heterocycles. The number of aryl methyl sites for hydroxylation is 2. The van der Waals surface area contributed by atoms with Gasteiger partial charge in [0.15, 0.2) is 0 Å². The van der Waals surface area contributed by atoms with Gasteiger partial charge >= 0.3 is 0 Å². The second kappa shape index (κ2) is 13.0. The molecule has 0 aliphatic heterocycles. The molecule has 0 fully saturated rings. The summed E-state index contributed by atoms with van der Waals surface area (Å²) in [6, 6.07) is 73.8. The fourth-order valence-electron chi connectivity index (χ4n) is 9.63. The maximum absolute atomic E-state index is 2.41. The zero-order valence-corrected chi connectivity index (χ0v) is 32.9. The molecule has 12 aromatic rings. The standard InChI is InChI=1S/C56H39N3/c1-36-11-9-13-43(31-36)58-52-19-7-4-16-46(52)48-33-39(23-28-55(48)58)38-21-26-42(27-22-38)57-51-18-6-3-15-45(51)49-34-40(24-29-54(49)57)41-25-30-56-50(35-41)47-17-5-8-20-53(47)59(56)44-14-10-12-37(2)32-44/h3-35H,1-2H3. The summed E-state index contributed by atoms with van der Waals surface area (Å²) in [5, 5.41) is 7.55. The Bertz CT molecular complexity index is 3630. The highest BCUT2D eigenvalue weighted by Gasteiger charge is 2.17. The molecule has 3 heterocycles. The fraction of sp³-hybridized carbons (Fsp3) is 0.0357. The summed E-state index contributed by atoms with van der Waals surface area (Å²) >= 11 is 0. The average Bonchev–Trinajstić information content (AvgIpc) is 3.91. The zero-order valence-electron chi connectivity index (χ0n) is 32.9. The number of para-hydroxylation sites is 3. The minimum atomic E-state index is 1.15. The number of rotatable bonds is 5. The molecule has 3 nitrogen and oxygen atoms in total. The lowest BCUT2D eigenvalue weighted by molar-refractivity contribution is 1.17. The van der Waals surface area contributed by atoms with Gasteiger partial charge in [0.1, 0.15) is 0 Å². The lowest BCUT2D eigenvalue weighted by Crippen LogP contribution is -1.94. The SMILES string of the molecule is Cc1cccc(-n2c3ccccc3c3cc(-c4ccc(-n5c6ccccc6c6cc(-c7ccc8c(c7)c7ccccc7n8-c7cccc(C)c7)ccc65)cc4)ccc32)c1. The van der Waals surface area contributed by atoms with Gasteiger partial charge in [-0.3, -0.25) is 0 Å². The predicted octanol–water partition coefficient (Wildman–Crippen LogP) is 14.9. The molecule has 59 heavy (non-hydrogen) atoms. The van der Waals surface area contributed by atoms with E-state index in [2.05, 4.69) is 228 Å². The molecule has 0 atom stereocenters. The van der Waals surface area contributed by atoms with Crippen LogP contribution >= 0.6 is 0 Å². The number of hydrogen-bond acceptors (Lipinski definition) is 0. The Morgan fingerprint density at radius 3 is 0.983 bits per heavy atom. The molecule has 0 N–H and O–H groups in total. The molecular weight excluding hydrogens is 715 g/mol. The molecule has 0 amide bonds. The highest BCUT2D eigenvalue weighted by atomic mass is 15.0. The maximum Gasteiger partial charge on any atom is 0.0541 e. The van der Waals surface area contributed by atoms with Crippen LogP contribution in [0.3, 0.4) is 0 Å². The molecule has 0 bridgehead atoms. The van der Waals surface area contributed by atoms with Crippen molar-refractivity contribution < 1.29 is 0 Å². The first-order valence-corrected chi connectivity index (χ1v) is 20.4. The second-order valence-electron chi connectivity index (χ2n) is 16.0. The normalized spacial score (nSPS) is 11.9. The van der Waals surface area contributed by atoms with Gasteiger partial charge in [0, 0.05) is 49.4 Å². The van der Waals surface area contributed by atoms with Crippen molar-refractivity contribution >= 4 is 65.4 Å². The van der Waals surface area contributed by atoms with E-state index in [1.165, 1.54) is 110 Å². The van der Waals surface area contributed by atoms with Crippen LogP contribution in [0.15, 0.2) is 200 Å². The number of aromatic nitrogens is 3. The van der Waals surface area contributed by atoms with Gasteiger partial charge in [0.05, 0.1) is 33.1 Å². The monoisotopic (exact) mass is 753 g/mol. The molecule has 0 unspecified atom stereocenters. The molecule has 0 aliphatic rings. The molecule has 0 spiro atoms. The first kappa shape index (κ1) is 33.5. The minimum absolute atomic E-state index is 1.15. The van der Waals surface area contributed by atoms with Crippen molar-refractivity contribution in [2.24, 2.45) is 0 Å². The Labute approximate surface area is 342 Å². The highest BCUT2D eigenvalue weighted by Crippen LogP contribution is 2.40. The molecule has 0 saturated carbocycles. The average molecular weight is 754 g/mol. The molecule has 3 heteroatoms. The molecular formula is C56H39N3. The second-order valence-corrected chi connectivity index (χ2v) is 16.0. The summed E-state index contributed by atoms with van der Waals surface area (Å²) in [5.74, 6) is 0. The van der Waals surface area contributed by atoms with Crippen molar-refractivity contribution in [1.29, 1.82) is 0 Å². The van der Waals surface area contributed by atoms with Gasteiger partial charge < -0.3 is 13.7 Å². The van der Waals surface area contributed by atoms with Crippen molar-refractivity contribution in [3.05, 3.63) is 211 Å². The molecule has 9 aromatic carbocycles. The Balaban J connectivity index is 0.944. The number of nitrogens with zero attached hydrogens (tertiary/aromatic N) is 3. The van der Waals surface area contributed by atoms with Crippen LogP contribution in [0.4, 0.5) is 0 Å². The van der Waals surface area contributed by atoms with E-state index < -0.39 is 0 Å². The maximum atomic E-state index is 2.41. The third kappa shape index (κ3) is 5.21. The van der Waals surface area contributed by atoms with E-state index in [1.807, 2.05) is 0 Å². The van der Waals surface area contributed by atoms with Crippen LogP contribution in [0.2, 0.25) is 0 Å². The van der Waals surface area contributed by atoms with E-state index in [0.717, 1.165) is 5.69 Å². The van der Waals surface area contributed by atoms with Gasteiger partial charge in [0.25, 0.3) is 0 Å². The predicted molar refractivity (Wildman–Crippen MR) is 250 cm³/mol. The number of benzene rings is 9. The van der Waals surface area contributed by atoms with Gasteiger partial charge in [-0.15, -0.1) is 0 Å². The van der Waals surface area contributed by atoms with Gasteiger partial charge in [-0.05, 0) is 138 Å². The van der Waals surface area contributed by atoms with Crippen molar-refractivity contribution in [3.8, 4) is 39.3 Å². The third-order valence-electron chi connectivity index (χ3n) is 12.3. The largest absolute Gasteiger partial charge is 0.309 e. The minimum Gasteiger partial charge on any atom is -0.309 e. The lowest BCUT2D eigenvalue weighted by atomic mass is 10.0. The van der Waals surface area contributed by atoms with Gasteiger partial charge in [-0.25, -0.2) is 0 Å². The van der Waals surface area contributed by atoms with Crippen molar-refractivity contribution in [2.75, 3.05) is 0 Å². The summed E-state index contributed by atoms with van der Waals surface area (Å²) in [4.78, 5) is 0. The van der Waals surface area contributed by atoms with E-state index >= 15 is 0 Å². The van der Waals surface area contributed by atoms with E-state index in [1.54, 1.807) is 0 Å². The zero-order chi connectivity index (χ0) is 39.2. The van der Waals surface area contributed by atoms with Crippen LogP contribution in [0.1, 0.15) is 11.1 Å². The van der Waals surface area contributed by atoms with Crippen LogP contribution in [-0.4, -0.2) is 13.7 Å². The summed E-state index contributed by atoms with van der Waals surface area (Å²) < 4.78 is 7.20. The fourth-order valence-corrected chi connectivity index (χ4v) is 9.63. The smallest absolute Gasteiger partial charge is 0.0541 e. The number of fused-ring (bicyclic) bond motifs is 9. The lowest BCUT2D eigenvalue weighted by Gasteiger charge is -2.11. The molecule has 278 valence electrons. The van der Waals surface area contributed by atoms with Crippen molar-refractivity contribution in [2.45, 2.75) is 13.8 Å². The summed E-state index contributed by atoms with van der Waals surface area (Å²) in [6.07, 6.45) is 0. The first-order valence-electron chi connectivity index (χ1n) is 20.4. The van der Waals surface area contributed by atoms with E-state index in [-0.39, 0.29) is 0 Å². The first-order chi connectivity index (χ1) is 29.1. The van der Waals surface area contributed by atoms with Crippen molar-refractivity contribution in [3.63, 3.8) is 0 Å². The summed E-state index contributed by atoms with van der Waals surface area (Å²) in [6.45, 7) is 4.32. The van der Waals surface area contributed by atoms with Crippen LogP contribution in [0.25, 0.3) is 105 Å². The quantitative estimate of drug-likeness (QED) is 0.166. The van der Waals surface area contributed by atoms with Gasteiger partial charge in [0.2, 0.25) is 0 Å². The topological polar surface area (TPSA) is 14.8 Å². The molecule has 3 aromatic heterocycles. The van der Waals surface area contributed by atoms with Gasteiger partial charge in [-0.1, -0.05) is 109 Å². The number of hydrogen-bond donors (Lipinski definition) is 0. The molecule has 0 radical (unpaired) electrons. The Morgan fingerprint density at radius 2 is 0.576 bits per heavy atom. The van der Waals surface area contributed by atoms with Crippen LogP contribution in [0.5, 0.6) is 0 Å². The molecule has 0 aliphatic carbocycles. The van der Waals surface area contributed by atoms with Crippen LogP contribution in [0, 0.1) is 13.8 Å². The van der Waals surface area contributed by atoms with Crippen LogP contribution < -0.4 is 0 Å². The molecule has 12 rings (SSSR count). The van der Waals surface area contributed by atoms with Gasteiger partial charge in [-0.2, -0.15) is 0 Å². The highest BCUT2D eigenvalue weighted by molar-refractivity contribution is 6.13. The van der Waals surface area contributed by atoms with Crippen LogP contribution in [-0.2, 0) is 0 Å². The van der Waals surface area contributed by atoms with E-state index in [4.69, 9.17) is 0 Å². The Hall–Kier alpha value is -7.62. The van der Waals surface area contributed by atoms with Crippen molar-refractivity contribution in [1.82, 2.24) is 13.7 Å². The summed E-state index contributed by atoms with van der Waals surface area (Å²) in [7, 11) is 0. The third-order valence-corrected chi connectivity index (χ3v) is 12.3.